The van der Waals surface area contributed by atoms with Crippen molar-refractivity contribution in [3.8, 4) is 11.5 Å². The topological polar surface area (TPSA) is 31.4 Å². The second kappa shape index (κ2) is 4.70. The normalized spacial score (nSPS) is 9.77. The van der Waals surface area contributed by atoms with Crippen LogP contribution in [0.2, 0.25) is 0 Å². The first-order chi connectivity index (χ1) is 6.27. The highest BCUT2D eigenvalue weighted by atomic mass is 16.5. The quantitative estimate of drug-likeness (QED) is 0.710. The van der Waals surface area contributed by atoms with Crippen LogP contribution >= 0.6 is 0 Å². The summed E-state index contributed by atoms with van der Waals surface area (Å²) in [4.78, 5) is 4.02. The lowest BCUT2D eigenvalue weighted by atomic mass is 10.3. The van der Waals surface area contributed by atoms with Crippen molar-refractivity contribution < 1.29 is 9.47 Å². The van der Waals surface area contributed by atoms with Gasteiger partial charge in [-0.05, 0) is 20.8 Å². The lowest BCUT2D eigenvalue weighted by Gasteiger charge is -2.10. The molecule has 0 bridgehead atoms. The zero-order valence-corrected chi connectivity index (χ0v) is 8.04. The van der Waals surface area contributed by atoms with Gasteiger partial charge in [-0.25, -0.2) is 0 Å². The van der Waals surface area contributed by atoms with Crippen molar-refractivity contribution in [2.24, 2.45) is 0 Å². The van der Waals surface area contributed by atoms with Crippen LogP contribution in [0, 0.1) is 6.92 Å². The number of rotatable bonds is 4. The third kappa shape index (κ3) is 2.61. The monoisotopic (exact) mass is 180 g/mol. The van der Waals surface area contributed by atoms with Crippen LogP contribution < -0.4 is 9.47 Å². The molecule has 0 saturated heterocycles. The number of hydrogen-bond acceptors (Lipinski definition) is 3. The first-order valence-corrected chi connectivity index (χ1v) is 4.35. The number of nitrogens with zero attached hydrogens (tertiary/aromatic N) is 1. The van der Waals surface area contributed by atoms with E-state index in [0.29, 0.717) is 30.4 Å². The maximum Gasteiger partial charge on any atom is 0.179 e. The van der Waals surface area contributed by atoms with Crippen molar-refractivity contribution in [2.45, 2.75) is 13.8 Å². The van der Waals surface area contributed by atoms with Crippen LogP contribution in [0.25, 0.3) is 0 Å². The summed E-state index contributed by atoms with van der Waals surface area (Å²) in [5.74, 6) is 1.39. The molecule has 0 aliphatic carbocycles. The van der Waals surface area contributed by atoms with E-state index in [9.17, 15) is 0 Å². The van der Waals surface area contributed by atoms with Crippen LogP contribution in [0.1, 0.15) is 19.5 Å². The first-order valence-electron chi connectivity index (χ1n) is 4.35. The summed E-state index contributed by atoms with van der Waals surface area (Å²) < 4.78 is 10.7. The molecule has 0 atom stereocenters. The fourth-order valence-electron chi connectivity index (χ4n) is 0.997. The van der Waals surface area contributed by atoms with Gasteiger partial charge >= 0.3 is 0 Å². The molecule has 1 aromatic heterocycles. The molecule has 13 heavy (non-hydrogen) atoms. The average Bonchev–Trinajstić information content (AvgIpc) is 2.10. The number of hydrogen-bond donors (Lipinski definition) is 0. The molecule has 1 radical (unpaired) electrons. The second-order valence-electron chi connectivity index (χ2n) is 2.49. The smallest absolute Gasteiger partial charge is 0.179 e. The van der Waals surface area contributed by atoms with Gasteiger partial charge in [-0.15, -0.1) is 0 Å². The van der Waals surface area contributed by atoms with Crippen LogP contribution in [-0.2, 0) is 0 Å². The molecule has 0 aliphatic heterocycles. The fraction of sp³-hybridized carbons (Fsp3) is 0.400. The number of aromatic nitrogens is 1. The van der Waals surface area contributed by atoms with Crippen LogP contribution in [0.5, 0.6) is 11.5 Å². The molecule has 1 rings (SSSR count). The molecule has 0 unspecified atom stereocenters. The van der Waals surface area contributed by atoms with E-state index in [4.69, 9.17) is 9.47 Å². The van der Waals surface area contributed by atoms with Crippen LogP contribution in [0.3, 0.4) is 0 Å². The van der Waals surface area contributed by atoms with Gasteiger partial charge in [-0.1, -0.05) is 0 Å². The van der Waals surface area contributed by atoms with Gasteiger partial charge in [-0.3, -0.25) is 4.98 Å². The van der Waals surface area contributed by atoms with E-state index in [-0.39, 0.29) is 0 Å². The Morgan fingerprint density at radius 3 is 2.46 bits per heavy atom. The molecule has 0 fully saturated rings. The molecule has 1 heterocycles. The minimum absolute atomic E-state index is 0.609. The van der Waals surface area contributed by atoms with Crippen molar-refractivity contribution >= 4 is 0 Å². The van der Waals surface area contributed by atoms with E-state index >= 15 is 0 Å². The van der Waals surface area contributed by atoms with Gasteiger partial charge in [-0.2, -0.15) is 0 Å². The summed E-state index contributed by atoms with van der Waals surface area (Å²) >= 11 is 0. The van der Waals surface area contributed by atoms with E-state index < -0.39 is 0 Å². The van der Waals surface area contributed by atoms with E-state index in [0.717, 1.165) is 0 Å². The Hall–Kier alpha value is -1.25. The molecule has 71 valence electrons. The standard InChI is InChI=1S/C10H14NO2/c1-4-12-9-6-8(3)11-7-10(9)13-5-2/h6-7H,3-5H2,1-2H3. The molecule has 3 nitrogen and oxygen atoms in total. The third-order valence-electron chi connectivity index (χ3n) is 1.49. The van der Waals surface area contributed by atoms with E-state index in [2.05, 4.69) is 11.9 Å². The Bertz CT molecular complexity index is 274. The number of ether oxygens (including phenoxy) is 2. The predicted molar refractivity (Wildman–Crippen MR) is 51.0 cm³/mol. The Morgan fingerprint density at radius 2 is 1.85 bits per heavy atom. The average molecular weight is 180 g/mol. The van der Waals surface area contributed by atoms with E-state index in [1.807, 2.05) is 13.8 Å². The minimum atomic E-state index is 0.609. The lowest BCUT2D eigenvalue weighted by Crippen LogP contribution is -1.99. The van der Waals surface area contributed by atoms with Gasteiger partial charge in [0.05, 0.1) is 19.4 Å². The van der Waals surface area contributed by atoms with E-state index in [1.165, 1.54) is 0 Å². The lowest BCUT2D eigenvalue weighted by molar-refractivity contribution is 0.286. The van der Waals surface area contributed by atoms with E-state index in [1.54, 1.807) is 12.3 Å². The minimum Gasteiger partial charge on any atom is -0.490 e. The van der Waals surface area contributed by atoms with Crippen molar-refractivity contribution in [1.29, 1.82) is 0 Å². The molecule has 0 aliphatic rings. The maximum atomic E-state index is 5.37. The van der Waals surface area contributed by atoms with Gasteiger partial charge in [0.2, 0.25) is 0 Å². The van der Waals surface area contributed by atoms with Gasteiger partial charge in [0, 0.05) is 11.8 Å². The molecule has 3 heteroatoms. The van der Waals surface area contributed by atoms with Crippen LogP contribution in [0.4, 0.5) is 0 Å². The van der Waals surface area contributed by atoms with Crippen molar-refractivity contribution in [3.05, 3.63) is 24.9 Å². The Balaban J connectivity index is 2.89. The summed E-state index contributed by atoms with van der Waals surface area (Å²) in [6, 6.07) is 1.77. The molecule has 1 aromatic rings. The predicted octanol–water partition coefficient (Wildman–Crippen LogP) is 2.06. The molecule has 0 amide bonds. The van der Waals surface area contributed by atoms with Crippen LogP contribution in [0.15, 0.2) is 12.3 Å². The first kappa shape index (κ1) is 9.84. The highest BCUT2D eigenvalue weighted by Gasteiger charge is 2.04. The summed E-state index contributed by atoms with van der Waals surface area (Å²) in [6.07, 6.45) is 1.64. The Labute approximate surface area is 78.7 Å². The van der Waals surface area contributed by atoms with Crippen molar-refractivity contribution in [1.82, 2.24) is 4.98 Å². The third-order valence-corrected chi connectivity index (χ3v) is 1.49. The van der Waals surface area contributed by atoms with Gasteiger partial charge in [0.15, 0.2) is 11.5 Å². The second-order valence-corrected chi connectivity index (χ2v) is 2.49. The summed E-state index contributed by atoms with van der Waals surface area (Å²) in [5.41, 5.74) is 0.687. The molecule has 0 spiro atoms. The zero-order chi connectivity index (χ0) is 9.68. The molecule has 0 N–H and O–H groups in total. The fourth-order valence-corrected chi connectivity index (χ4v) is 0.997. The molecular weight excluding hydrogens is 166 g/mol. The SMILES string of the molecule is [CH2]c1cc(OCC)c(OCC)cn1. The van der Waals surface area contributed by atoms with Gasteiger partial charge < -0.3 is 9.47 Å². The summed E-state index contributed by atoms with van der Waals surface area (Å²) in [7, 11) is 0. The van der Waals surface area contributed by atoms with Gasteiger partial charge in [0.1, 0.15) is 0 Å². The summed E-state index contributed by atoms with van der Waals surface area (Å²) in [6.45, 7) is 8.80. The zero-order valence-electron chi connectivity index (χ0n) is 8.04. The summed E-state index contributed by atoms with van der Waals surface area (Å²) in [5, 5.41) is 0. The Morgan fingerprint density at radius 1 is 1.23 bits per heavy atom. The van der Waals surface area contributed by atoms with Crippen molar-refractivity contribution in [3.63, 3.8) is 0 Å². The highest BCUT2D eigenvalue weighted by molar-refractivity contribution is 5.39. The highest BCUT2D eigenvalue weighted by Crippen LogP contribution is 2.26. The van der Waals surface area contributed by atoms with Crippen molar-refractivity contribution in [2.75, 3.05) is 13.2 Å². The van der Waals surface area contributed by atoms with Crippen LogP contribution in [-0.4, -0.2) is 18.2 Å². The van der Waals surface area contributed by atoms with Gasteiger partial charge in [0.25, 0.3) is 0 Å². The molecule has 0 saturated carbocycles. The Kier molecular flexibility index (Phi) is 3.55. The molecule has 0 aromatic carbocycles. The number of pyridine rings is 1. The molecular formula is C10H14NO2. The maximum absolute atomic E-state index is 5.37. The largest absolute Gasteiger partial charge is 0.490 e.